The van der Waals surface area contributed by atoms with Gasteiger partial charge in [-0.15, -0.1) is 5.10 Å². The Labute approximate surface area is 175 Å². The minimum atomic E-state index is -0.285. The van der Waals surface area contributed by atoms with Crippen molar-refractivity contribution >= 4 is 34.6 Å². The van der Waals surface area contributed by atoms with Crippen LogP contribution in [0.15, 0.2) is 34.2 Å². The predicted octanol–water partition coefficient (Wildman–Crippen LogP) is 1.98. The summed E-state index contributed by atoms with van der Waals surface area (Å²) in [4.78, 5) is 28.3. The predicted molar refractivity (Wildman–Crippen MR) is 112 cm³/mol. The molecule has 0 atom stereocenters. The van der Waals surface area contributed by atoms with Crippen molar-refractivity contribution in [1.82, 2.24) is 40.1 Å². The molecule has 0 saturated carbocycles. The van der Waals surface area contributed by atoms with Crippen LogP contribution >= 0.6 is 11.8 Å². The lowest BCUT2D eigenvalue weighted by atomic mass is 10.2. The third-order valence-corrected chi connectivity index (χ3v) is 5.18. The van der Waals surface area contributed by atoms with Gasteiger partial charge in [-0.3, -0.25) is 15.1 Å². The van der Waals surface area contributed by atoms with Gasteiger partial charge in [0.1, 0.15) is 11.3 Å². The summed E-state index contributed by atoms with van der Waals surface area (Å²) in [5.74, 6) is 1.67. The standard InChI is InChI=1S/C18H19N9O2S/c1-4-29-13-7-5-6-12-10(2)19-16(22-15(12)13)23-17-20-11(8-14(28)21-17)9-30-18-24-25-26-27(18)3/h5-8H,4,9H2,1-3H3,(H2,19,20,21,22,23,28). The molecule has 0 unspecified atom stereocenters. The Balaban J connectivity index is 1.61. The number of H-pyrrole nitrogens is 1. The average molecular weight is 425 g/mol. The maximum atomic E-state index is 12.1. The molecule has 0 aliphatic carbocycles. The number of aromatic amines is 1. The van der Waals surface area contributed by atoms with Crippen molar-refractivity contribution in [3.05, 3.63) is 46.0 Å². The number of anilines is 2. The fourth-order valence-electron chi connectivity index (χ4n) is 2.84. The molecule has 3 aromatic heterocycles. The largest absolute Gasteiger partial charge is 0.492 e. The van der Waals surface area contributed by atoms with Crippen molar-refractivity contribution in [2.45, 2.75) is 24.8 Å². The first-order chi connectivity index (χ1) is 14.5. The van der Waals surface area contributed by atoms with Crippen LogP contribution in [0.3, 0.4) is 0 Å². The van der Waals surface area contributed by atoms with Gasteiger partial charge in [-0.1, -0.05) is 23.9 Å². The van der Waals surface area contributed by atoms with Gasteiger partial charge in [-0.25, -0.2) is 19.6 Å². The highest BCUT2D eigenvalue weighted by Crippen LogP contribution is 2.27. The number of benzene rings is 1. The number of hydrogen-bond donors (Lipinski definition) is 2. The maximum Gasteiger partial charge on any atom is 0.252 e. The summed E-state index contributed by atoms with van der Waals surface area (Å²) < 4.78 is 7.24. The quantitative estimate of drug-likeness (QED) is 0.423. The number of tetrazole rings is 1. The van der Waals surface area contributed by atoms with Crippen LogP contribution in [0.25, 0.3) is 10.9 Å². The first kappa shape index (κ1) is 19.8. The van der Waals surface area contributed by atoms with E-state index in [2.05, 4.69) is 40.8 Å². The third-order valence-electron chi connectivity index (χ3n) is 4.14. The van der Waals surface area contributed by atoms with E-state index in [-0.39, 0.29) is 11.5 Å². The van der Waals surface area contributed by atoms with E-state index in [0.717, 1.165) is 11.1 Å². The first-order valence-corrected chi connectivity index (χ1v) is 10.1. The Kier molecular flexibility index (Phi) is 5.57. The molecule has 0 saturated heterocycles. The summed E-state index contributed by atoms with van der Waals surface area (Å²) in [5, 5.41) is 15.8. The van der Waals surface area contributed by atoms with Crippen LogP contribution in [-0.4, -0.2) is 46.8 Å². The van der Waals surface area contributed by atoms with Crippen LogP contribution in [0.2, 0.25) is 0 Å². The molecule has 0 aliphatic heterocycles. The monoisotopic (exact) mass is 425 g/mol. The number of fused-ring (bicyclic) bond motifs is 1. The number of para-hydroxylation sites is 1. The Morgan fingerprint density at radius 1 is 1.27 bits per heavy atom. The van der Waals surface area contributed by atoms with Gasteiger partial charge >= 0.3 is 0 Å². The fourth-order valence-corrected chi connectivity index (χ4v) is 3.58. The minimum Gasteiger partial charge on any atom is -0.492 e. The van der Waals surface area contributed by atoms with E-state index in [1.54, 1.807) is 11.7 Å². The molecule has 0 radical (unpaired) electrons. The van der Waals surface area contributed by atoms with E-state index < -0.39 is 0 Å². The summed E-state index contributed by atoms with van der Waals surface area (Å²) in [5.41, 5.74) is 1.76. The summed E-state index contributed by atoms with van der Waals surface area (Å²) in [6.45, 7) is 4.34. The molecule has 4 aromatic rings. The zero-order chi connectivity index (χ0) is 21.1. The van der Waals surface area contributed by atoms with Crippen molar-refractivity contribution < 1.29 is 4.74 Å². The number of hydrogen-bond acceptors (Lipinski definition) is 10. The zero-order valence-corrected chi connectivity index (χ0v) is 17.4. The fraction of sp³-hybridized carbons (Fsp3) is 0.278. The number of nitrogens with zero attached hydrogens (tertiary/aromatic N) is 7. The summed E-state index contributed by atoms with van der Waals surface area (Å²) >= 11 is 1.38. The molecule has 0 bridgehead atoms. The SMILES string of the molecule is CCOc1cccc2c(C)nc(Nc3nc(CSc4nnnn4C)cc(=O)[nH]3)nc12. The van der Waals surface area contributed by atoms with Gasteiger partial charge in [0.05, 0.1) is 18.0 Å². The number of aromatic nitrogens is 8. The lowest BCUT2D eigenvalue weighted by Gasteiger charge is -2.11. The van der Waals surface area contributed by atoms with E-state index in [1.165, 1.54) is 17.8 Å². The summed E-state index contributed by atoms with van der Waals surface area (Å²) in [6.07, 6.45) is 0. The van der Waals surface area contributed by atoms with Crippen LogP contribution in [0.5, 0.6) is 5.75 Å². The van der Waals surface area contributed by atoms with Gasteiger partial charge in [0.2, 0.25) is 17.1 Å². The number of rotatable bonds is 7. The molecule has 0 amide bonds. The summed E-state index contributed by atoms with van der Waals surface area (Å²) in [6, 6.07) is 7.14. The highest BCUT2D eigenvalue weighted by atomic mass is 32.2. The number of nitrogens with one attached hydrogen (secondary N) is 2. The number of thioether (sulfide) groups is 1. The van der Waals surface area contributed by atoms with Crippen LogP contribution < -0.4 is 15.6 Å². The van der Waals surface area contributed by atoms with E-state index in [4.69, 9.17) is 4.74 Å². The van der Waals surface area contributed by atoms with Crippen LogP contribution in [-0.2, 0) is 12.8 Å². The number of ether oxygens (including phenoxy) is 1. The van der Waals surface area contributed by atoms with Crippen LogP contribution in [0.1, 0.15) is 18.3 Å². The van der Waals surface area contributed by atoms with Crippen molar-refractivity contribution in [3.63, 3.8) is 0 Å². The molecule has 0 spiro atoms. The van der Waals surface area contributed by atoms with Gasteiger partial charge in [0, 0.05) is 24.3 Å². The second-order valence-electron chi connectivity index (χ2n) is 6.30. The lowest BCUT2D eigenvalue weighted by Crippen LogP contribution is -2.13. The topological polar surface area (TPSA) is 136 Å². The Morgan fingerprint density at radius 2 is 2.13 bits per heavy atom. The molecular formula is C18H19N9O2S. The second kappa shape index (κ2) is 8.45. The average Bonchev–Trinajstić information content (AvgIpc) is 3.12. The van der Waals surface area contributed by atoms with Crippen LogP contribution in [0.4, 0.5) is 11.9 Å². The Bertz CT molecular complexity index is 1250. The normalized spacial score (nSPS) is 11.0. The first-order valence-electron chi connectivity index (χ1n) is 9.16. The highest BCUT2D eigenvalue weighted by molar-refractivity contribution is 7.98. The van der Waals surface area contributed by atoms with E-state index in [9.17, 15) is 4.79 Å². The van der Waals surface area contributed by atoms with Gasteiger partial charge in [0.15, 0.2) is 0 Å². The highest BCUT2D eigenvalue weighted by Gasteiger charge is 2.11. The Morgan fingerprint density at radius 3 is 2.90 bits per heavy atom. The molecule has 1 aromatic carbocycles. The van der Waals surface area contributed by atoms with Gasteiger partial charge in [-0.05, 0) is 30.3 Å². The van der Waals surface area contributed by atoms with E-state index in [1.807, 2.05) is 32.0 Å². The van der Waals surface area contributed by atoms with Gasteiger partial charge in [0.25, 0.3) is 5.56 Å². The van der Waals surface area contributed by atoms with Crippen molar-refractivity contribution in [3.8, 4) is 5.75 Å². The third kappa shape index (κ3) is 4.22. The molecule has 154 valence electrons. The van der Waals surface area contributed by atoms with Crippen LogP contribution in [0, 0.1) is 6.92 Å². The molecule has 2 N–H and O–H groups in total. The molecule has 30 heavy (non-hydrogen) atoms. The Hall–Kier alpha value is -3.54. The maximum absolute atomic E-state index is 12.1. The zero-order valence-electron chi connectivity index (χ0n) is 16.6. The van der Waals surface area contributed by atoms with E-state index in [0.29, 0.717) is 40.4 Å². The lowest BCUT2D eigenvalue weighted by molar-refractivity contribution is 0.343. The van der Waals surface area contributed by atoms with Gasteiger partial charge in [-0.2, -0.15) is 0 Å². The van der Waals surface area contributed by atoms with Crippen molar-refractivity contribution in [2.24, 2.45) is 7.05 Å². The van der Waals surface area contributed by atoms with E-state index >= 15 is 0 Å². The van der Waals surface area contributed by atoms with Crippen molar-refractivity contribution in [1.29, 1.82) is 0 Å². The summed E-state index contributed by atoms with van der Waals surface area (Å²) in [7, 11) is 1.75. The van der Waals surface area contributed by atoms with Gasteiger partial charge < -0.3 is 4.74 Å². The molecule has 3 heterocycles. The minimum absolute atomic E-state index is 0.252. The molecular weight excluding hydrogens is 406 g/mol. The number of aryl methyl sites for hydroxylation is 2. The molecule has 11 nitrogen and oxygen atoms in total. The molecule has 0 aliphatic rings. The van der Waals surface area contributed by atoms with Crippen molar-refractivity contribution in [2.75, 3.05) is 11.9 Å². The molecule has 4 rings (SSSR count). The smallest absolute Gasteiger partial charge is 0.252 e. The molecule has 0 fully saturated rings. The molecule has 12 heteroatoms. The second-order valence-corrected chi connectivity index (χ2v) is 7.24.